The van der Waals surface area contributed by atoms with Gasteiger partial charge in [0.05, 0.1) is 6.61 Å². The molecule has 1 aromatic carbocycles. The van der Waals surface area contributed by atoms with Gasteiger partial charge in [-0.15, -0.1) is 0 Å². The number of ether oxygens (including phenoxy) is 2. The van der Waals surface area contributed by atoms with Crippen LogP contribution in [0.5, 0.6) is 0 Å². The molecule has 0 aromatic heterocycles. The van der Waals surface area contributed by atoms with Crippen LogP contribution >= 0.6 is 0 Å². The molecule has 0 spiro atoms. The van der Waals surface area contributed by atoms with Gasteiger partial charge in [-0.25, -0.2) is 10.3 Å². The van der Waals surface area contributed by atoms with Gasteiger partial charge in [0.2, 0.25) is 0 Å². The number of carbonyl (C=O) groups excluding carboxylic acids is 1. The van der Waals surface area contributed by atoms with Gasteiger partial charge >= 0.3 is 0 Å². The zero-order chi connectivity index (χ0) is 13.5. The monoisotopic (exact) mass is 265 g/mol. The van der Waals surface area contributed by atoms with Gasteiger partial charge in [-0.2, -0.15) is 0 Å². The second-order valence-electron chi connectivity index (χ2n) is 4.44. The maximum absolute atomic E-state index is 12.0. The Balaban J connectivity index is 1.91. The van der Waals surface area contributed by atoms with E-state index in [0.717, 1.165) is 24.8 Å². The summed E-state index contributed by atoms with van der Waals surface area (Å²) in [4.78, 5) is 17.3. The lowest BCUT2D eigenvalue weighted by molar-refractivity contribution is -0.186. The van der Waals surface area contributed by atoms with Crippen LogP contribution < -0.4 is 5.48 Å². The molecule has 104 valence electrons. The predicted molar refractivity (Wildman–Crippen MR) is 69.3 cm³/mol. The lowest BCUT2D eigenvalue weighted by Crippen LogP contribution is -2.33. The lowest BCUT2D eigenvalue weighted by Gasteiger charge is -2.22. The van der Waals surface area contributed by atoms with Gasteiger partial charge in [0.15, 0.2) is 6.29 Å². The molecule has 1 aliphatic heterocycles. The number of hydroxylamine groups is 1. The highest BCUT2D eigenvalue weighted by atomic mass is 16.8. The summed E-state index contributed by atoms with van der Waals surface area (Å²) in [7, 11) is 1.60. The smallest absolute Gasteiger partial charge is 0.275 e. The molecular formula is C14H19NO4. The van der Waals surface area contributed by atoms with Crippen molar-refractivity contribution < 1.29 is 19.1 Å². The number of methoxy groups -OCH3 is 1. The minimum absolute atomic E-state index is 0.276. The van der Waals surface area contributed by atoms with Crippen molar-refractivity contribution >= 4 is 5.91 Å². The van der Waals surface area contributed by atoms with Crippen molar-refractivity contribution in [2.45, 2.75) is 32.2 Å². The van der Waals surface area contributed by atoms with Crippen LogP contribution in [-0.4, -0.2) is 25.9 Å². The third-order valence-electron chi connectivity index (χ3n) is 2.98. The van der Waals surface area contributed by atoms with Crippen LogP contribution in [0.2, 0.25) is 0 Å². The topological polar surface area (TPSA) is 56.8 Å². The third kappa shape index (κ3) is 4.02. The summed E-state index contributed by atoms with van der Waals surface area (Å²) >= 11 is 0. The highest BCUT2D eigenvalue weighted by Gasteiger charge is 2.17. The molecule has 0 bridgehead atoms. The van der Waals surface area contributed by atoms with Gasteiger partial charge in [0.25, 0.3) is 5.91 Å². The minimum Gasteiger partial charge on any atom is -0.380 e. The van der Waals surface area contributed by atoms with Gasteiger partial charge in [-0.3, -0.25) is 4.79 Å². The zero-order valence-electron chi connectivity index (χ0n) is 11.1. The van der Waals surface area contributed by atoms with Crippen LogP contribution in [0, 0.1) is 0 Å². The van der Waals surface area contributed by atoms with Gasteiger partial charge in [0, 0.05) is 25.7 Å². The number of hydrogen-bond acceptors (Lipinski definition) is 4. The molecule has 1 amide bonds. The molecule has 1 aliphatic rings. The van der Waals surface area contributed by atoms with Crippen molar-refractivity contribution in [2.24, 2.45) is 0 Å². The molecule has 1 heterocycles. The largest absolute Gasteiger partial charge is 0.380 e. The first-order valence-electron chi connectivity index (χ1n) is 6.45. The van der Waals surface area contributed by atoms with E-state index in [1.165, 1.54) is 0 Å². The number of benzene rings is 1. The predicted octanol–water partition coefficient (Wildman–Crippen LogP) is 2.02. The van der Waals surface area contributed by atoms with E-state index in [0.29, 0.717) is 18.8 Å². The Kier molecular flexibility index (Phi) is 5.32. The number of carbonyl (C=O) groups is 1. The highest BCUT2D eigenvalue weighted by molar-refractivity contribution is 5.94. The van der Waals surface area contributed by atoms with E-state index in [4.69, 9.17) is 14.3 Å². The van der Waals surface area contributed by atoms with Crippen LogP contribution in [0.15, 0.2) is 24.3 Å². The molecule has 19 heavy (non-hydrogen) atoms. The number of hydrogen-bond donors (Lipinski definition) is 1. The summed E-state index contributed by atoms with van der Waals surface area (Å²) in [6.07, 6.45) is 2.57. The van der Waals surface area contributed by atoms with E-state index in [1.807, 2.05) is 18.2 Å². The summed E-state index contributed by atoms with van der Waals surface area (Å²) in [6, 6.07) is 7.28. The summed E-state index contributed by atoms with van der Waals surface area (Å²) in [5.74, 6) is -0.276. The first-order valence-corrected chi connectivity index (χ1v) is 6.45. The fourth-order valence-corrected chi connectivity index (χ4v) is 2.00. The maximum atomic E-state index is 12.0. The molecule has 0 radical (unpaired) electrons. The van der Waals surface area contributed by atoms with Crippen molar-refractivity contribution in [3.05, 3.63) is 35.4 Å². The molecule has 1 atom stereocenters. The molecule has 1 N–H and O–H groups in total. The fraction of sp³-hybridized carbons (Fsp3) is 0.500. The average Bonchev–Trinajstić information content (AvgIpc) is 2.47. The molecule has 2 rings (SSSR count). The molecule has 1 aromatic rings. The number of nitrogens with one attached hydrogen (secondary N) is 1. The first-order chi connectivity index (χ1) is 9.31. The van der Waals surface area contributed by atoms with Gasteiger partial charge in [0.1, 0.15) is 0 Å². The van der Waals surface area contributed by atoms with Crippen LogP contribution in [0.3, 0.4) is 0 Å². The minimum atomic E-state index is -0.340. The summed E-state index contributed by atoms with van der Waals surface area (Å²) < 4.78 is 10.4. The second-order valence-corrected chi connectivity index (χ2v) is 4.44. The van der Waals surface area contributed by atoms with E-state index >= 15 is 0 Å². The standard InChI is InChI=1S/C14H19NO4/c1-17-10-11-6-2-3-7-12(11)14(16)15-19-13-8-4-5-9-18-13/h2-3,6-7,13H,4-5,8-10H2,1H3,(H,15,16)/t13-/m0/s1. The quantitative estimate of drug-likeness (QED) is 0.828. The van der Waals surface area contributed by atoms with Crippen molar-refractivity contribution in [2.75, 3.05) is 13.7 Å². The molecular weight excluding hydrogens is 246 g/mol. The Bertz CT molecular complexity index is 416. The summed E-state index contributed by atoms with van der Waals surface area (Å²) in [5, 5.41) is 0. The van der Waals surface area contributed by atoms with Crippen molar-refractivity contribution in [1.29, 1.82) is 0 Å². The first kappa shape index (κ1) is 14.0. The average molecular weight is 265 g/mol. The van der Waals surface area contributed by atoms with Gasteiger partial charge in [-0.1, -0.05) is 18.2 Å². The summed E-state index contributed by atoms with van der Waals surface area (Å²) in [5.41, 5.74) is 3.83. The fourth-order valence-electron chi connectivity index (χ4n) is 2.00. The Morgan fingerprint density at radius 1 is 1.42 bits per heavy atom. The number of rotatable bonds is 5. The van der Waals surface area contributed by atoms with Crippen LogP contribution in [0.4, 0.5) is 0 Å². The van der Waals surface area contributed by atoms with Crippen LogP contribution in [0.1, 0.15) is 35.2 Å². The molecule has 5 heteroatoms. The van der Waals surface area contributed by atoms with Crippen molar-refractivity contribution in [3.63, 3.8) is 0 Å². The molecule has 5 nitrogen and oxygen atoms in total. The maximum Gasteiger partial charge on any atom is 0.275 e. The second kappa shape index (κ2) is 7.23. The summed E-state index contributed by atoms with van der Waals surface area (Å²) in [6.45, 7) is 1.07. The Morgan fingerprint density at radius 3 is 3.00 bits per heavy atom. The molecule has 1 saturated heterocycles. The lowest BCUT2D eigenvalue weighted by atomic mass is 10.1. The Morgan fingerprint density at radius 2 is 2.26 bits per heavy atom. The van der Waals surface area contributed by atoms with Crippen molar-refractivity contribution in [3.8, 4) is 0 Å². The van der Waals surface area contributed by atoms with E-state index in [1.54, 1.807) is 13.2 Å². The molecule has 1 fully saturated rings. The Labute approximate surface area is 112 Å². The van der Waals surface area contributed by atoms with E-state index in [9.17, 15) is 4.79 Å². The normalized spacial score (nSPS) is 19.1. The van der Waals surface area contributed by atoms with Crippen molar-refractivity contribution in [1.82, 2.24) is 5.48 Å². The van der Waals surface area contributed by atoms with Crippen LogP contribution in [0.25, 0.3) is 0 Å². The third-order valence-corrected chi connectivity index (χ3v) is 2.98. The van der Waals surface area contributed by atoms with E-state index in [2.05, 4.69) is 5.48 Å². The number of amides is 1. The van der Waals surface area contributed by atoms with Crippen LogP contribution in [-0.2, 0) is 20.9 Å². The van der Waals surface area contributed by atoms with Gasteiger partial charge in [-0.05, 0) is 24.5 Å². The molecule has 0 aliphatic carbocycles. The molecule has 0 unspecified atom stereocenters. The zero-order valence-corrected chi connectivity index (χ0v) is 11.1. The molecule has 0 saturated carbocycles. The highest BCUT2D eigenvalue weighted by Crippen LogP contribution is 2.14. The van der Waals surface area contributed by atoms with Gasteiger partial charge < -0.3 is 9.47 Å². The van der Waals surface area contributed by atoms with E-state index < -0.39 is 0 Å². The Hall–Kier alpha value is -1.43. The SMILES string of the molecule is COCc1ccccc1C(=O)NO[C@H]1CCCCO1. The van der Waals surface area contributed by atoms with E-state index in [-0.39, 0.29) is 12.2 Å².